The van der Waals surface area contributed by atoms with E-state index in [0.29, 0.717) is 16.0 Å². The lowest BCUT2D eigenvalue weighted by Crippen LogP contribution is -2.07. The quantitative estimate of drug-likeness (QED) is 0.660. The molecule has 0 N–H and O–H groups in total. The van der Waals surface area contributed by atoms with Gasteiger partial charge >= 0.3 is 11.9 Å². The third kappa shape index (κ3) is 3.08. The molecule has 0 heterocycles. The van der Waals surface area contributed by atoms with E-state index in [1.807, 2.05) is 0 Å². The number of thiol groups is 2. The maximum Gasteiger partial charge on any atom is 0.339 e. The number of hydrogen-bond donors (Lipinski definition) is 2. The van der Waals surface area contributed by atoms with Crippen LogP contribution < -0.4 is 0 Å². The zero-order chi connectivity index (χ0) is 16.3. The zero-order valence-electron chi connectivity index (χ0n) is 12.3. The van der Waals surface area contributed by atoms with Crippen LogP contribution in [0.15, 0.2) is 34.1 Å². The molecule has 0 bridgehead atoms. The van der Waals surface area contributed by atoms with Crippen LogP contribution >= 0.6 is 25.3 Å². The second kappa shape index (κ2) is 7.07. The van der Waals surface area contributed by atoms with Crippen molar-refractivity contribution in [1.29, 1.82) is 0 Å². The summed E-state index contributed by atoms with van der Waals surface area (Å²) in [5, 5.41) is 0. The molecular formula is C16H16O4S2. The van der Waals surface area contributed by atoms with Gasteiger partial charge in [-0.1, -0.05) is 12.1 Å². The number of ether oxygens (including phenoxy) is 2. The number of hydrogen-bond acceptors (Lipinski definition) is 6. The van der Waals surface area contributed by atoms with Gasteiger partial charge in [0.1, 0.15) is 0 Å². The van der Waals surface area contributed by atoms with Crippen LogP contribution in [-0.2, 0) is 9.47 Å². The van der Waals surface area contributed by atoms with E-state index in [4.69, 9.17) is 9.47 Å². The molecule has 0 spiro atoms. The Morgan fingerprint density at radius 1 is 0.864 bits per heavy atom. The molecule has 2 aliphatic rings. The van der Waals surface area contributed by atoms with Crippen molar-refractivity contribution in [2.24, 2.45) is 0 Å². The fourth-order valence-corrected chi connectivity index (χ4v) is 2.78. The molecule has 0 aromatic carbocycles. The van der Waals surface area contributed by atoms with Gasteiger partial charge in [-0.05, 0) is 37.1 Å². The molecule has 0 saturated heterocycles. The first kappa shape index (κ1) is 16.7. The largest absolute Gasteiger partial charge is 0.462 e. The van der Waals surface area contributed by atoms with Gasteiger partial charge in [0.05, 0.1) is 24.3 Å². The third-order valence-electron chi connectivity index (χ3n) is 3.10. The summed E-state index contributed by atoms with van der Waals surface area (Å²) < 4.78 is 10.1. The van der Waals surface area contributed by atoms with Gasteiger partial charge in [0, 0.05) is 9.79 Å². The second-order valence-corrected chi connectivity index (χ2v) is 5.42. The van der Waals surface area contributed by atoms with Crippen molar-refractivity contribution < 1.29 is 19.1 Å². The Labute approximate surface area is 140 Å². The molecule has 0 unspecified atom stereocenters. The molecule has 0 saturated carbocycles. The Balaban J connectivity index is 2.72. The van der Waals surface area contributed by atoms with Crippen molar-refractivity contribution >= 4 is 37.2 Å². The molecule has 0 aliphatic heterocycles. The highest BCUT2D eigenvalue weighted by Crippen LogP contribution is 2.40. The molecule has 0 atom stereocenters. The summed E-state index contributed by atoms with van der Waals surface area (Å²) >= 11 is 8.65. The van der Waals surface area contributed by atoms with Gasteiger partial charge in [0.15, 0.2) is 0 Å². The predicted molar refractivity (Wildman–Crippen MR) is 89.5 cm³/mol. The number of fused-ring (bicyclic) bond motifs is 1. The average Bonchev–Trinajstić information content (AvgIpc) is 2.62. The molecule has 6 heteroatoms. The van der Waals surface area contributed by atoms with Crippen LogP contribution in [0.1, 0.15) is 34.6 Å². The minimum atomic E-state index is -0.514. The van der Waals surface area contributed by atoms with E-state index in [1.165, 1.54) is 0 Å². The van der Waals surface area contributed by atoms with Gasteiger partial charge in [-0.25, -0.2) is 9.59 Å². The minimum absolute atomic E-state index is 0.240. The highest BCUT2D eigenvalue weighted by atomic mass is 32.1. The maximum absolute atomic E-state index is 12.2. The molecule has 4 nitrogen and oxygen atoms in total. The summed E-state index contributed by atoms with van der Waals surface area (Å²) in [7, 11) is 0. The van der Waals surface area contributed by atoms with E-state index in [-0.39, 0.29) is 29.2 Å². The Morgan fingerprint density at radius 2 is 1.27 bits per heavy atom. The maximum atomic E-state index is 12.2. The van der Waals surface area contributed by atoms with Crippen LogP contribution in [0.25, 0.3) is 11.1 Å². The molecule has 0 radical (unpaired) electrons. The van der Waals surface area contributed by atoms with Crippen LogP contribution in [0.3, 0.4) is 0 Å². The van der Waals surface area contributed by atoms with Crippen LogP contribution in [0.5, 0.6) is 0 Å². The average molecular weight is 336 g/mol. The van der Waals surface area contributed by atoms with Gasteiger partial charge in [0.25, 0.3) is 0 Å². The number of carbonyl (C=O) groups is 2. The fraction of sp³-hybridized carbons (Fsp3) is 0.250. The molecule has 0 aromatic heterocycles. The first-order valence-corrected chi connectivity index (χ1v) is 7.72. The van der Waals surface area contributed by atoms with E-state index in [9.17, 15) is 9.59 Å². The Hall–Kier alpha value is -1.66. The highest BCUT2D eigenvalue weighted by Gasteiger charge is 2.30. The lowest BCUT2D eigenvalue weighted by Gasteiger charge is -2.03. The molecule has 0 aromatic rings. The lowest BCUT2D eigenvalue weighted by molar-refractivity contribution is 0.0523. The van der Waals surface area contributed by atoms with Crippen LogP contribution in [0.2, 0.25) is 0 Å². The Bertz CT molecular complexity index is 641. The SMILES string of the molecule is CCOC(=O)c1c2ccc(S)ccc-2c(C(=O)OCC)c1S. The van der Waals surface area contributed by atoms with E-state index in [1.54, 1.807) is 38.1 Å². The molecule has 0 amide bonds. The van der Waals surface area contributed by atoms with Crippen molar-refractivity contribution in [1.82, 2.24) is 0 Å². The number of esters is 2. The van der Waals surface area contributed by atoms with Crippen molar-refractivity contribution in [2.75, 3.05) is 13.2 Å². The molecule has 2 aliphatic carbocycles. The predicted octanol–water partition coefficient (Wildman–Crippen LogP) is 3.72. The van der Waals surface area contributed by atoms with Crippen molar-refractivity contribution in [3.05, 3.63) is 35.4 Å². The van der Waals surface area contributed by atoms with Crippen LogP contribution in [0.4, 0.5) is 0 Å². The summed E-state index contributed by atoms with van der Waals surface area (Å²) in [4.78, 5) is 25.4. The van der Waals surface area contributed by atoms with Gasteiger partial charge in [0.2, 0.25) is 0 Å². The summed E-state index contributed by atoms with van der Waals surface area (Å²) in [6.45, 7) is 3.92. The number of carbonyl (C=O) groups excluding carboxylic acids is 2. The summed E-state index contributed by atoms with van der Waals surface area (Å²) in [6.07, 6.45) is 0. The Kier molecular flexibility index (Phi) is 5.37. The van der Waals surface area contributed by atoms with E-state index in [2.05, 4.69) is 25.3 Å². The smallest absolute Gasteiger partial charge is 0.339 e. The second-order valence-electron chi connectivity index (χ2n) is 4.46. The summed E-state index contributed by atoms with van der Waals surface area (Å²) in [5.41, 5.74) is 1.72. The minimum Gasteiger partial charge on any atom is -0.462 e. The Morgan fingerprint density at radius 3 is 1.64 bits per heavy atom. The molecule has 22 heavy (non-hydrogen) atoms. The number of rotatable bonds is 4. The summed E-state index contributed by atoms with van der Waals surface area (Å²) in [5.74, 6) is -1.03. The first-order valence-electron chi connectivity index (χ1n) is 6.83. The van der Waals surface area contributed by atoms with Crippen LogP contribution in [-0.4, -0.2) is 25.2 Å². The van der Waals surface area contributed by atoms with E-state index < -0.39 is 11.9 Å². The van der Waals surface area contributed by atoms with E-state index >= 15 is 0 Å². The van der Waals surface area contributed by atoms with Crippen LogP contribution in [0, 0.1) is 0 Å². The fourth-order valence-electron chi connectivity index (χ4n) is 2.21. The standard InChI is InChI=1S/C16H16O4S2/c1-3-19-15(17)12-10-7-5-9(21)6-8-11(10)13(14(12)22)16(18)20-4-2/h5-8,21-22H,3-4H2,1-2H3. The molecular weight excluding hydrogens is 320 g/mol. The topological polar surface area (TPSA) is 52.6 Å². The zero-order valence-corrected chi connectivity index (χ0v) is 14.0. The van der Waals surface area contributed by atoms with E-state index in [0.717, 1.165) is 0 Å². The molecule has 116 valence electrons. The van der Waals surface area contributed by atoms with Crippen molar-refractivity contribution in [2.45, 2.75) is 23.6 Å². The normalized spacial score (nSPS) is 10.5. The monoisotopic (exact) mass is 336 g/mol. The molecule has 2 rings (SSSR count). The summed E-state index contributed by atoms with van der Waals surface area (Å²) in [6, 6.07) is 6.95. The van der Waals surface area contributed by atoms with Crippen molar-refractivity contribution in [3.63, 3.8) is 0 Å². The van der Waals surface area contributed by atoms with Gasteiger partial charge < -0.3 is 9.47 Å². The van der Waals surface area contributed by atoms with Gasteiger partial charge in [-0.3, -0.25) is 0 Å². The highest BCUT2D eigenvalue weighted by molar-refractivity contribution is 7.80. The third-order valence-corrected chi connectivity index (χ3v) is 3.85. The lowest BCUT2D eigenvalue weighted by atomic mass is 10.1. The first-order chi connectivity index (χ1) is 10.5. The van der Waals surface area contributed by atoms with Crippen molar-refractivity contribution in [3.8, 4) is 11.1 Å². The van der Waals surface area contributed by atoms with Gasteiger partial charge in [-0.15, -0.1) is 25.3 Å². The van der Waals surface area contributed by atoms with Gasteiger partial charge in [-0.2, -0.15) is 0 Å². The molecule has 0 fully saturated rings.